The average Bonchev–Trinajstić information content (AvgIpc) is 3.00. The molecule has 4 rings (SSSR count). The van der Waals surface area contributed by atoms with Gasteiger partial charge < -0.3 is 14.7 Å². The molecule has 2 aliphatic heterocycles. The van der Waals surface area contributed by atoms with Crippen molar-refractivity contribution < 1.29 is 19.0 Å². The Bertz CT molecular complexity index is 634. The summed E-state index contributed by atoms with van der Waals surface area (Å²) in [5.74, 6) is 0.718. The molecule has 6 nitrogen and oxygen atoms in total. The molecule has 0 saturated carbocycles. The molecule has 2 unspecified atom stereocenters. The second kappa shape index (κ2) is 2.53. The van der Waals surface area contributed by atoms with E-state index in [0.717, 1.165) is 11.3 Å². The fourth-order valence-corrected chi connectivity index (χ4v) is 2.45. The summed E-state index contributed by atoms with van der Waals surface area (Å²) in [6.45, 7) is 3.97. The van der Waals surface area contributed by atoms with Crippen molar-refractivity contribution in [1.29, 1.82) is 0 Å². The predicted octanol–water partition coefficient (Wildman–Crippen LogP) is 1.07. The first-order valence-electron chi connectivity index (χ1n) is 5.44. The lowest BCUT2D eigenvalue weighted by atomic mass is 9.94. The summed E-state index contributed by atoms with van der Waals surface area (Å²) in [7, 11) is 0. The zero-order valence-corrected chi connectivity index (χ0v) is 9.34. The van der Waals surface area contributed by atoms with Crippen molar-refractivity contribution in [3.8, 4) is 5.75 Å². The van der Waals surface area contributed by atoms with Gasteiger partial charge in [-0.15, -0.1) is 0 Å². The minimum absolute atomic E-state index is 0.0213. The standard InChI is InChI=1S/C11H10N2O4/c1-11(2)10-9(15-10)5-3-7-6(4-8(5)16-11)12-17-13(7)14/h3-4,9-10H,1-2H3. The Morgan fingerprint density at radius 3 is 3.06 bits per heavy atom. The fourth-order valence-electron chi connectivity index (χ4n) is 2.45. The summed E-state index contributed by atoms with van der Waals surface area (Å²) in [6.07, 6.45) is 0.0838. The van der Waals surface area contributed by atoms with Crippen LogP contribution in [0.4, 0.5) is 0 Å². The van der Waals surface area contributed by atoms with Crippen LogP contribution in [-0.4, -0.2) is 16.9 Å². The smallest absolute Gasteiger partial charge is 0.252 e. The molecule has 0 amide bonds. The maximum Gasteiger partial charge on any atom is 0.252 e. The highest BCUT2D eigenvalue weighted by molar-refractivity contribution is 5.75. The molecule has 0 N–H and O–H groups in total. The molecule has 1 saturated heterocycles. The number of aromatic nitrogens is 2. The van der Waals surface area contributed by atoms with Gasteiger partial charge in [0, 0.05) is 22.9 Å². The van der Waals surface area contributed by atoms with Crippen LogP contribution in [0.3, 0.4) is 0 Å². The molecule has 2 aliphatic rings. The quantitative estimate of drug-likeness (QED) is 0.503. The third-order valence-corrected chi connectivity index (χ3v) is 3.37. The van der Waals surface area contributed by atoms with E-state index in [-0.39, 0.29) is 17.8 Å². The number of epoxide rings is 1. The van der Waals surface area contributed by atoms with Crippen LogP contribution in [0.1, 0.15) is 25.5 Å². The first-order valence-corrected chi connectivity index (χ1v) is 5.44. The molecule has 2 atom stereocenters. The lowest BCUT2D eigenvalue weighted by molar-refractivity contribution is -0.782. The molecule has 1 fully saturated rings. The Morgan fingerprint density at radius 1 is 1.41 bits per heavy atom. The Balaban J connectivity index is 1.97. The van der Waals surface area contributed by atoms with Crippen LogP contribution in [0, 0.1) is 5.21 Å². The van der Waals surface area contributed by atoms with Gasteiger partial charge in [0.15, 0.2) is 0 Å². The molecule has 1 aromatic carbocycles. The first-order chi connectivity index (χ1) is 8.06. The van der Waals surface area contributed by atoms with Gasteiger partial charge in [-0.2, -0.15) is 0 Å². The molecule has 0 aliphatic carbocycles. The van der Waals surface area contributed by atoms with E-state index in [0.29, 0.717) is 15.9 Å². The number of hydrogen-bond donors (Lipinski definition) is 0. The minimum atomic E-state index is -0.345. The van der Waals surface area contributed by atoms with E-state index < -0.39 is 0 Å². The van der Waals surface area contributed by atoms with E-state index >= 15 is 0 Å². The Hall–Kier alpha value is -1.82. The molecule has 17 heavy (non-hydrogen) atoms. The molecule has 0 bridgehead atoms. The maximum absolute atomic E-state index is 11.3. The van der Waals surface area contributed by atoms with Crippen LogP contribution in [0.25, 0.3) is 11.0 Å². The summed E-state index contributed by atoms with van der Waals surface area (Å²) in [5.41, 5.74) is 1.45. The van der Waals surface area contributed by atoms with Gasteiger partial charge in [0.25, 0.3) is 5.52 Å². The average molecular weight is 234 g/mol. The van der Waals surface area contributed by atoms with Crippen molar-refractivity contribution in [3.63, 3.8) is 0 Å². The van der Waals surface area contributed by atoms with E-state index in [1.807, 2.05) is 13.8 Å². The topological polar surface area (TPSA) is 74.7 Å². The van der Waals surface area contributed by atoms with Crippen molar-refractivity contribution >= 4 is 11.0 Å². The number of rotatable bonds is 0. The number of fused-ring (bicyclic) bond motifs is 4. The van der Waals surface area contributed by atoms with E-state index in [1.54, 1.807) is 12.1 Å². The number of benzene rings is 1. The summed E-state index contributed by atoms with van der Waals surface area (Å²) >= 11 is 0. The largest absolute Gasteiger partial charge is 0.484 e. The normalized spacial score (nSPS) is 28.4. The van der Waals surface area contributed by atoms with E-state index in [2.05, 4.69) is 9.79 Å². The van der Waals surface area contributed by atoms with Crippen molar-refractivity contribution in [3.05, 3.63) is 22.9 Å². The molecule has 0 spiro atoms. The molecule has 6 heteroatoms. The summed E-state index contributed by atoms with van der Waals surface area (Å²) in [4.78, 5) is 0.396. The third kappa shape index (κ3) is 1.08. The van der Waals surface area contributed by atoms with Crippen LogP contribution in [-0.2, 0) is 4.74 Å². The molecule has 2 aromatic rings. The van der Waals surface area contributed by atoms with Gasteiger partial charge in [-0.25, -0.2) is 0 Å². The highest BCUT2D eigenvalue weighted by Crippen LogP contribution is 2.54. The highest BCUT2D eigenvalue weighted by atomic mass is 16.8. The summed E-state index contributed by atoms with van der Waals surface area (Å²) < 4.78 is 16.0. The summed E-state index contributed by atoms with van der Waals surface area (Å²) in [6, 6.07) is 3.45. The van der Waals surface area contributed by atoms with Crippen LogP contribution in [0.5, 0.6) is 5.75 Å². The van der Waals surface area contributed by atoms with Crippen molar-refractivity contribution in [2.45, 2.75) is 31.7 Å². The van der Waals surface area contributed by atoms with Gasteiger partial charge >= 0.3 is 0 Å². The zero-order chi connectivity index (χ0) is 11.8. The monoisotopic (exact) mass is 234 g/mol. The Morgan fingerprint density at radius 2 is 2.24 bits per heavy atom. The highest BCUT2D eigenvalue weighted by Gasteiger charge is 2.57. The minimum Gasteiger partial charge on any atom is -0.484 e. The van der Waals surface area contributed by atoms with E-state index in [9.17, 15) is 5.21 Å². The van der Waals surface area contributed by atoms with Gasteiger partial charge in [-0.1, -0.05) is 0 Å². The Labute approximate surface area is 96.2 Å². The van der Waals surface area contributed by atoms with Gasteiger partial charge in [0.1, 0.15) is 23.6 Å². The van der Waals surface area contributed by atoms with Gasteiger partial charge in [0.2, 0.25) is 5.52 Å². The second-order valence-corrected chi connectivity index (χ2v) is 4.99. The molecule has 88 valence electrons. The van der Waals surface area contributed by atoms with Crippen LogP contribution in [0.15, 0.2) is 16.8 Å². The molecular weight excluding hydrogens is 224 g/mol. The molecule has 1 aromatic heterocycles. The number of nitrogens with zero attached hydrogens (tertiary/aromatic N) is 2. The van der Waals surface area contributed by atoms with Crippen LogP contribution < -0.4 is 9.64 Å². The van der Waals surface area contributed by atoms with Crippen molar-refractivity contribution in [1.82, 2.24) is 5.16 Å². The van der Waals surface area contributed by atoms with E-state index in [1.165, 1.54) is 0 Å². The lowest BCUT2D eigenvalue weighted by Gasteiger charge is -2.29. The number of ether oxygens (including phenoxy) is 2. The Kier molecular flexibility index (Phi) is 1.38. The van der Waals surface area contributed by atoms with E-state index in [4.69, 9.17) is 9.47 Å². The molecule has 0 radical (unpaired) electrons. The lowest BCUT2D eigenvalue weighted by Crippen LogP contribution is -2.37. The van der Waals surface area contributed by atoms with Crippen molar-refractivity contribution in [2.24, 2.45) is 0 Å². The van der Waals surface area contributed by atoms with Crippen LogP contribution in [0.2, 0.25) is 0 Å². The predicted molar refractivity (Wildman–Crippen MR) is 55.3 cm³/mol. The third-order valence-electron chi connectivity index (χ3n) is 3.37. The maximum atomic E-state index is 11.3. The number of hydrogen-bond acceptors (Lipinski definition) is 5. The fraction of sp³-hybridized carbons (Fsp3) is 0.455. The van der Waals surface area contributed by atoms with Crippen LogP contribution >= 0.6 is 0 Å². The SMILES string of the molecule is CC1(C)Oc2cc3no[n+]([O-])c3cc2C2OC21. The zero-order valence-electron chi connectivity index (χ0n) is 9.34. The summed E-state index contributed by atoms with van der Waals surface area (Å²) in [5, 5.41) is 15.0. The van der Waals surface area contributed by atoms with Crippen molar-refractivity contribution in [2.75, 3.05) is 0 Å². The van der Waals surface area contributed by atoms with Gasteiger partial charge in [-0.05, 0) is 18.8 Å². The van der Waals surface area contributed by atoms with Gasteiger partial charge in [0.05, 0.1) is 0 Å². The first kappa shape index (κ1) is 9.23. The van der Waals surface area contributed by atoms with Gasteiger partial charge in [-0.3, -0.25) is 4.63 Å². The second-order valence-electron chi connectivity index (χ2n) is 4.99. The molecular formula is C11H10N2O4. The molecule has 3 heterocycles.